The van der Waals surface area contributed by atoms with Gasteiger partial charge >= 0.3 is 6.09 Å². The number of alkyl carbamates (subject to hydrolysis) is 1. The maximum atomic E-state index is 12.5. The second kappa shape index (κ2) is 12.6. The first kappa shape index (κ1) is 24.3. The average molecular weight is 406 g/mol. The first-order chi connectivity index (χ1) is 13.7. The van der Waals surface area contributed by atoms with Crippen molar-refractivity contribution in [1.29, 1.82) is 0 Å². The Morgan fingerprint density at radius 3 is 2.28 bits per heavy atom. The zero-order chi connectivity index (χ0) is 21.7. The Morgan fingerprint density at radius 1 is 1.03 bits per heavy atom. The summed E-state index contributed by atoms with van der Waals surface area (Å²) in [4.78, 5) is 30.3. The molecule has 0 atom stereocenters. The molecule has 0 spiro atoms. The van der Waals surface area contributed by atoms with Crippen molar-refractivity contribution in [3.8, 4) is 0 Å². The first-order valence-corrected chi connectivity index (χ1v) is 10.1. The van der Waals surface area contributed by atoms with Crippen LogP contribution in [0.1, 0.15) is 40.2 Å². The van der Waals surface area contributed by atoms with Gasteiger partial charge in [0, 0.05) is 32.7 Å². The summed E-state index contributed by atoms with van der Waals surface area (Å²) in [5.74, 6) is 0.489. The third-order valence-electron chi connectivity index (χ3n) is 3.75. The van der Waals surface area contributed by atoms with E-state index in [1.165, 1.54) is 0 Å². The monoisotopic (exact) mass is 405 g/mol. The van der Waals surface area contributed by atoms with E-state index in [0.29, 0.717) is 38.7 Å². The van der Waals surface area contributed by atoms with E-state index in [1.54, 1.807) is 4.90 Å². The molecular weight excluding hydrogens is 370 g/mol. The van der Waals surface area contributed by atoms with Crippen molar-refractivity contribution in [3.63, 3.8) is 0 Å². The van der Waals surface area contributed by atoms with Crippen LogP contribution < -0.4 is 16.0 Å². The van der Waals surface area contributed by atoms with Gasteiger partial charge in [-0.1, -0.05) is 30.3 Å². The van der Waals surface area contributed by atoms with Crippen LogP contribution in [-0.4, -0.2) is 61.2 Å². The summed E-state index contributed by atoms with van der Waals surface area (Å²) in [5.41, 5.74) is 0.559. The van der Waals surface area contributed by atoms with Crippen molar-refractivity contribution in [1.82, 2.24) is 20.9 Å². The lowest BCUT2D eigenvalue weighted by atomic mass is 10.2. The van der Waals surface area contributed by atoms with Crippen molar-refractivity contribution in [3.05, 3.63) is 35.9 Å². The van der Waals surface area contributed by atoms with E-state index in [2.05, 4.69) is 20.9 Å². The number of benzene rings is 1. The van der Waals surface area contributed by atoms with Crippen molar-refractivity contribution in [2.75, 3.05) is 32.7 Å². The van der Waals surface area contributed by atoms with E-state index in [-0.39, 0.29) is 12.5 Å². The zero-order valence-corrected chi connectivity index (χ0v) is 18.2. The normalized spacial score (nSPS) is 11.6. The summed E-state index contributed by atoms with van der Waals surface area (Å²) < 4.78 is 5.18. The van der Waals surface area contributed by atoms with Crippen molar-refractivity contribution in [2.45, 2.75) is 46.8 Å². The number of rotatable bonds is 9. The molecule has 1 rings (SSSR count). The SMILES string of the molecule is CCNC(=NCC(=O)N(CC)Cc1ccccc1)NCCNC(=O)OC(C)(C)C. The molecule has 0 radical (unpaired) electrons. The van der Waals surface area contributed by atoms with Gasteiger partial charge < -0.3 is 25.6 Å². The Kier molecular flexibility index (Phi) is 10.6. The second-order valence-corrected chi connectivity index (χ2v) is 7.44. The number of guanidine groups is 1. The Bertz CT molecular complexity index is 656. The van der Waals surface area contributed by atoms with Gasteiger partial charge in [-0.15, -0.1) is 0 Å². The minimum atomic E-state index is -0.529. The number of nitrogens with zero attached hydrogens (tertiary/aromatic N) is 2. The Morgan fingerprint density at radius 2 is 1.69 bits per heavy atom. The largest absolute Gasteiger partial charge is 0.444 e. The second-order valence-electron chi connectivity index (χ2n) is 7.44. The number of aliphatic imine (C=N–C) groups is 1. The molecule has 8 heteroatoms. The van der Waals surface area contributed by atoms with Gasteiger partial charge in [0.1, 0.15) is 12.1 Å². The molecule has 0 aliphatic heterocycles. The number of ether oxygens (including phenoxy) is 1. The fraction of sp³-hybridized carbons (Fsp3) is 0.571. The van der Waals surface area contributed by atoms with Gasteiger partial charge in [0.25, 0.3) is 0 Å². The van der Waals surface area contributed by atoms with Crippen LogP contribution >= 0.6 is 0 Å². The third kappa shape index (κ3) is 11.0. The summed E-state index contributed by atoms with van der Waals surface area (Å²) in [6.45, 7) is 12.1. The van der Waals surface area contributed by atoms with Gasteiger partial charge in [-0.05, 0) is 40.2 Å². The quantitative estimate of drug-likeness (QED) is 0.332. The summed E-state index contributed by atoms with van der Waals surface area (Å²) in [7, 11) is 0. The molecule has 0 saturated carbocycles. The number of amides is 2. The lowest BCUT2D eigenvalue weighted by molar-refractivity contribution is -0.130. The van der Waals surface area contributed by atoms with E-state index >= 15 is 0 Å². The van der Waals surface area contributed by atoms with Crippen LogP contribution in [0.25, 0.3) is 0 Å². The number of hydrogen-bond donors (Lipinski definition) is 3. The predicted molar refractivity (Wildman–Crippen MR) is 116 cm³/mol. The molecular formula is C21H35N5O3. The number of carbonyl (C=O) groups is 2. The predicted octanol–water partition coefficient (Wildman–Crippen LogP) is 2.11. The molecule has 0 heterocycles. The molecule has 0 unspecified atom stereocenters. The van der Waals surface area contributed by atoms with Crippen molar-refractivity contribution in [2.24, 2.45) is 4.99 Å². The number of nitrogens with one attached hydrogen (secondary N) is 3. The average Bonchev–Trinajstić information content (AvgIpc) is 2.66. The van der Waals surface area contributed by atoms with Gasteiger partial charge in [-0.3, -0.25) is 4.79 Å². The van der Waals surface area contributed by atoms with Crippen LogP contribution in [0.2, 0.25) is 0 Å². The fourth-order valence-corrected chi connectivity index (χ4v) is 2.43. The first-order valence-electron chi connectivity index (χ1n) is 10.1. The Labute approximate surface area is 174 Å². The van der Waals surface area contributed by atoms with Crippen molar-refractivity contribution >= 4 is 18.0 Å². The van der Waals surface area contributed by atoms with Crippen LogP contribution in [-0.2, 0) is 16.1 Å². The summed E-state index contributed by atoms with van der Waals surface area (Å²) in [6.07, 6.45) is -0.462. The molecule has 0 fully saturated rings. The lowest BCUT2D eigenvalue weighted by Gasteiger charge is -2.21. The molecule has 0 aliphatic rings. The molecule has 162 valence electrons. The summed E-state index contributed by atoms with van der Waals surface area (Å²) in [5, 5.41) is 8.87. The molecule has 2 amide bonds. The van der Waals surface area contributed by atoms with Gasteiger partial charge in [-0.25, -0.2) is 9.79 Å². The standard InChI is InChI=1S/C21H35N5O3/c1-6-22-19(23-13-14-24-20(28)29-21(3,4)5)25-15-18(27)26(7-2)16-17-11-9-8-10-12-17/h8-12H,6-7,13-16H2,1-5H3,(H,24,28)(H2,22,23,25). The minimum Gasteiger partial charge on any atom is -0.444 e. The maximum absolute atomic E-state index is 12.5. The summed E-state index contributed by atoms with van der Waals surface area (Å²) >= 11 is 0. The van der Waals surface area contributed by atoms with Crippen LogP contribution in [0.5, 0.6) is 0 Å². The van der Waals surface area contributed by atoms with Crippen LogP contribution in [0.15, 0.2) is 35.3 Å². The fourth-order valence-electron chi connectivity index (χ4n) is 2.43. The van der Waals surface area contributed by atoms with Crippen molar-refractivity contribution < 1.29 is 14.3 Å². The highest BCUT2D eigenvalue weighted by Crippen LogP contribution is 2.06. The molecule has 29 heavy (non-hydrogen) atoms. The number of hydrogen-bond acceptors (Lipinski definition) is 4. The highest BCUT2D eigenvalue weighted by molar-refractivity contribution is 5.85. The molecule has 1 aromatic rings. The highest BCUT2D eigenvalue weighted by Gasteiger charge is 2.15. The van der Waals surface area contributed by atoms with E-state index in [1.807, 2.05) is 65.0 Å². The summed E-state index contributed by atoms with van der Waals surface area (Å²) in [6, 6.07) is 9.89. The molecule has 0 bridgehead atoms. The molecule has 0 aromatic heterocycles. The molecule has 1 aromatic carbocycles. The van der Waals surface area contributed by atoms with E-state index in [9.17, 15) is 9.59 Å². The molecule has 3 N–H and O–H groups in total. The lowest BCUT2D eigenvalue weighted by Crippen LogP contribution is -2.43. The molecule has 8 nitrogen and oxygen atoms in total. The van der Waals surface area contributed by atoms with E-state index < -0.39 is 11.7 Å². The number of carbonyl (C=O) groups excluding carboxylic acids is 2. The Hall–Kier alpha value is -2.77. The van der Waals surface area contributed by atoms with E-state index in [4.69, 9.17) is 4.74 Å². The van der Waals surface area contributed by atoms with Gasteiger partial charge in [0.15, 0.2) is 5.96 Å². The van der Waals surface area contributed by atoms with Crippen LogP contribution in [0.4, 0.5) is 4.79 Å². The van der Waals surface area contributed by atoms with E-state index in [0.717, 1.165) is 5.56 Å². The van der Waals surface area contributed by atoms with Crippen LogP contribution in [0, 0.1) is 0 Å². The van der Waals surface area contributed by atoms with Crippen LogP contribution in [0.3, 0.4) is 0 Å². The molecule has 0 aliphatic carbocycles. The third-order valence-corrected chi connectivity index (χ3v) is 3.75. The van der Waals surface area contributed by atoms with Gasteiger partial charge in [0.2, 0.25) is 5.91 Å². The molecule has 0 saturated heterocycles. The minimum absolute atomic E-state index is 0.0413. The Balaban J connectivity index is 2.48. The number of likely N-dealkylation sites (N-methyl/N-ethyl adjacent to an activating group) is 1. The van der Waals surface area contributed by atoms with Gasteiger partial charge in [0.05, 0.1) is 0 Å². The van der Waals surface area contributed by atoms with Gasteiger partial charge in [-0.2, -0.15) is 0 Å². The smallest absolute Gasteiger partial charge is 0.407 e. The zero-order valence-electron chi connectivity index (χ0n) is 18.2. The topological polar surface area (TPSA) is 95.1 Å². The maximum Gasteiger partial charge on any atom is 0.407 e. The highest BCUT2D eigenvalue weighted by atomic mass is 16.6.